The van der Waals surface area contributed by atoms with Gasteiger partial charge in [0.2, 0.25) is 6.29 Å². The van der Waals surface area contributed by atoms with Crippen LogP contribution in [0.5, 0.6) is 5.75 Å². The van der Waals surface area contributed by atoms with Crippen LogP contribution in [-0.2, 0) is 12.8 Å². The Morgan fingerprint density at radius 3 is 1.94 bits per heavy atom. The molecule has 2 rings (SSSR count). The van der Waals surface area contributed by atoms with Crippen molar-refractivity contribution in [2.24, 2.45) is 0 Å². The van der Waals surface area contributed by atoms with Gasteiger partial charge in [-0.1, -0.05) is 95.1 Å². The van der Waals surface area contributed by atoms with E-state index in [0.717, 1.165) is 12.8 Å². The summed E-state index contributed by atoms with van der Waals surface area (Å²) in [6.07, 6.45) is 20.4. The van der Waals surface area contributed by atoms with Crippen LogP contribution in [0.3, 0.4) is 0 Å². The van der Waals surface area contributed by atoms with Crippen molar-refractivity contribution in [3.8, 4) is 5.75 Å². The van der Waals surface area contributed by atoms with Crippen LogP contribution >= 0.6 is 11.8 Å². The summed E-state index contributed by atoms with van der Waals surface area (Å²) in [4.78, 5) is 1.26. The molecule has 0 radical (unpaired) electrons. The third-order valence-electron chi connectivity index (χ3n) is 5.81. The second-order valence-electron chi connectivity index (χ2n) is 8.56. The molecule has 0 spiro atoms. The predicted octanol–water partition coefficient (Wildman–Crippen LogP) is 8.37. The molecule has 32 heavy (non-hydrogen) atoms. The molecule has 176 valence electrons. The van der Waals surface area contributed by atoms with Gasteiger partial charge in [-0.3, -0.25) is 0 Å². The maximum absolute atomic E-state index is 10.1. The molecule has 0 aliphatic heterocycles. The van der Waals surface area contributed by atoms with Crippen molar-refractivity contribution in [1.29, 1.82) is 0 Å². The molecule has 3 heteroatoms. The molecule has 0 aliphatic rings. The minimum Gasteiger partial charge on any atom is -0.461 e. The summed E-state index contributed by atoms with van der Waals surface area (Å²) in [6, 6.07) is 16.6. The number of aliphatic hydroxyl groups is 1. The van der Waals surface area contributed by atoms with Gasteiger partial charge in [0.25, 0.3) is 0 Å². The number of hydrogen-bond donors (Lipinski definition) is 1. The van der Waals surface area contributed by atoms with Gasteiger partial charge < -0.3 is 9.84 Å². The SMILES string of the molecule is CCCCCCCCCCCCc1ccc(OC(O)C=CCc2ccc(SC)cc2)cc1. The number of benzene rings is 2. The molecule has 0 aliphatic carbocycles. The lowest BCUT2D eigenvalue weighted by Crippen LogP contribution is -2.11. The zero-order valence-electron chi connectivity index (χ0n) is 20.1. The van der Waals surface area contributed by atoms with E-state index in [2.05, 4.69) is 49.6 Å². The highest BCUT2D eigenvalue weighted by Crippen LogP contribution is 2.18. The average molecular weight is 455 g/mol. The second kappa shape index (κ2) is 16.9. The van der Waals surface area contributed by atoms with Crippen molar-refractivity contribution >= 4 is 11.8 Å². The molecule has 2 aromatic rings. The Bertz CT molecular complexity index is 737. The molecule has 0 bridgehead atoms. The summed E-state index contributed by atoms with van der Waals surface area (Å²) in [6.45, 7) is 2.27. The van der Waals surface area contributed by atoms with E-state index >= 15 is 0 Å². The van der Waals surface area contributed by atoms with Crippen molar-refractivity contribution in [3.05, 3.63) is 71.8 Å². The van der Waals surface area contributed by atoms with Gasteiger partial charge in [-0.25, -0.2) is 0 Å². The van der Waals surface area contributed by atoms with E-state index in [1.54, 1.807) is 17.8 Å². The number of rotatable bonds is 17. The van der Waals surface area contributed by atoms with E-state index in [4.69, 9.17) is 4.74 Å². The molecule has 0 heterocycles. The normalized spacial score (nSPS) is 12.3. The summed E-state index contributed by atoms with van der Waals surface area (Å²) in [7, 11) is 0. The zero-order chi connectivity index (χ0) is 22.9. The largest absolute Gasteiger partial charge is 0.461 e. The number of hydrogen-bond acceptors (Lipinski definition) is 3. The first-order valence-corrected chi connectivity index (χ1v) is 13.7. The number of unbranched alkanes of at least 4 members (excludes halogenated alkanes) is 9. The number of aliphatic hydroxyl groups excluding tert-OH is 1. The first-order chi connectivity index (χ1) is 15.7. The van der Waals surface area contributed by atoms with Crippen molar-refractivity contribution in [3.63, 3.8) is 0 Å². The molecule has 1 unspecified atom stereocenters. The number of thioether (sulfide) groups is 1. The van der Waals surface area contributed by atoms with Gasteiger partial charge in [0.05, 0.1) is 0 Å². The van der Waals surface area contributed by atoms with Gasteiger partial charge in [0.1, 0.15) is 5.75 Å². The van der Waals surface area contributed by atoms with Crippen LogP contribution in [0, 0.1) is 0 Å². The average Bonchev–Trinajstić information content (AvgIpc) is 2.82. The molecular weight excluding hydrogens is 412 g/mol. The summed E-state index contributed by atoms with van der Waals surface area (Å²) in [5.74, 6) is 0.707. The van der Waals surface area contributed by atoms with Crippen LogP contribution in [0.25, 0.3) is 0 Å². The Hall–Kier alpha value is -1.71. The van der Waals surface area contributed by atoms with E-state index in [1.165, 1.54) is 80.2 Å². The lowest BCUT2D eigenvalue weighted by Gasteiger charge is -2.10. The lowest BCUT2D eigenvalue weighted by atomic mass is 10.0. The maximum Gasteiger partial charge on any atom is 0.217 e. The Morgan fingerprint density at radius 2 is 1.34 bits per heavy atom. The van der Waals surface area contributed by atoms with Crippen LogP contribution in [0.15, 0.2) is 65.6 Å². The van der Waals surface area contributed by atoms with Crippen LogP contribution in [0.1, 0.15) is 82.3 Å². The molecule has 1 N–H and O–H groups in total. The Balaban J connectivity index is 1.57. The minimum atomic E-state index is -0.923. The van der Waals surface area contributed by atoms with Gasteiger partial charge >= 0.3 is 0 Å². The molecule has 0 aromatic heterocycles. The van der Waals surface area contributed by atoms with E-state index in [9.17, 15) is 5.11 Å². The summed E-state index contributed by atoms with van der Waals surface area (Å²) >= 11 is 1.74. The van der Waals surface area contributed by atoms with Crippen molar-refractivity contribution in [2.75, 3.05) is 6.26 Å². The molecule has 0 saturated carbocycles. The Kier molecular flexibility index (Phi) is 14.0. The number of aryl methyl sites for hydroxylation is 1. The van der Waals surface area contributed by atoms with Crippen molar-refractivity contribution in [2.45, 2.75) is 95.2 Å². The molecule has 0 saturated heterocycles. The Labute approximate surface area is 200 Å². The topological polar surface area (TPSA) is 29.5 Å². The maximum atomic E-state index is 10.1. The number of allylic oxidation sites excluding steroid dienone is 1. The first-order valence-electron chi connectivity index (χ1n) is 12.4. The van der Waals surface area contributed by atoms with Crippen LogP contribution in [-0.4, -0.2) is 17.7 Å². The molecule has 2 aromatic carbocycles. The molecular formula is C29H42O2S. The fourth-order valence-electron chi connectivity index (χ4n) is 3.81. The molecule has 2 nitrogen and oxygen atoms in total. The van der Waals surface area contributed by atoms with E-state index in [-0.39, 0.29) is 0 Å². The van der Waals surface area contributed by atoms with Gasteiger partial charge in [-0.2, -0.15) is 0 Å². The quantitative estimate of drug-likeness (QED) is 0.113. The predicted molar refractivity (Wildman–Crippen MR) is 140 cm³/mol. The summed E-state index contributed by atoms with van der Waals surface area (Å²) in [5, 5.41) is 10.1. The van der Waals surface area contributed by atoms with Gasteiger partial charge in [-0.15, -0.1) is 11.8 Å². The van der Waals surface area contributed by atoms with Crippen molar-refractivity contribution < 1.29 is 9.84 Å². The van der Waals surface area contributed by atoms with E-state index in [0.29, 0.717) is 5.75 Å². The summed E-state index contributed by atoms with van der Waals surface area (Å²) in [5.41, 5.74) is 2.57. The lowest BCUT2D eigenvalue weighted by molar-refractivity contribution is 0.0246. The molecule has 0 fully saturated rings. The fraction of sp³-hybridized carbons (Fsp3) is 0.517. The zero-order valence-corrected chi connectivity index (χ0v) is 20.9. The highest BCUT2D eigenvalue weighted by Gasteiger charge is 2.02. The van der Waals surface area contributed by atoms with E-state index in [1.807, 2.05) is 18.2 Å². The third-order valence-corrected chi connectivity index (χ3v) is 6.56. The standard InChI is InChI=1S/C29H42O2S/c1-3-4-5-6-7-8-9-10-11-12-14-25-17-21-27(22-18-25)31-29(30)16-13-15-26-19-23-28(32-2)24-20-26/h13,16-24,29-30H,3-12,14-15H2,1-2H3. The van der Waals surface area contributed by atoms with Crippen LogP contribution in [0.2, 0.25) is 0 Å². The van der Waals surface area contributed by atoms with Gasteiger partial charge in [0.15, 0.2) is 0 Å². The number of ether oxygens (including phenoxy) is 1. The van der Waals surface area contributed by atoms with Gasteiger partial charge in [0, 0.05) is 4.90 Å². The smallest absolute Gasteiger partial charge is 0.217 e. The highest BCUT2D eigenvalue weighted by atomic mass is 32.2. The fourth-order valence-corrected chi connectivity index (χ4v) is 4.22. The molecule has 0 amide bonds. The highest BCUT2D eigenvalue weighted by molar-refractivity contribution is 7.98. The van der Waals surface area contributed by atoms with Crippen molar-refractivity contribution in [1.82, 2.24) is 0 Å². The minimum absolute atomic E-state index is 0.707. The third kappa shape index (κ3) is 11.8. The summed E-state index contributed by atoms with van der Waals surface area (Å²) < 4.78 is 5.61. The first kappa shape index (κ1) is 26.5. The van der Waals surface area contributed by atoms with Gasteiger partial charge in [-0.05, 0) is 67.0 Å². The molecule has 1 atom stereocenters. The van der Waals surface area contributed by atoms with Crippen LogP contribution < -0.4 is 4.74 Å². The van der Waals surface area contributed by atoms with Crippen LogP contribution in [0.4, 0.5) is 0 Å². The van der Waals surface area contributed by atoms with E-state index < -0.39 is 6.29 Å². The Morgan fingerprint density at radius 1 is 0.781 bits per heavy atom. The monoisotopic (exact) mass is 454 g/mol. The second-order valence-corrected chi connectivity index (χ2v) is 9.44.